The van der Waals surface area contributed by atoms with Crippen LogP contribution in [0.1, 0.15) is 48.5 Å². The van der Waals surface area contributed by atoms with Crippen LogP contribution in [0, 0.1) is 5.41 Å². The van der Waals surface area contributed by atoms with Gasteiger partial charge in [-0.3, -0.25) is 0 Å². The SMILES string of the molecule is C=C(C)N(C(=C)C(C)(C)C)C(C)(C)C. The highest BCUT2D eigenvalue weighted by atomic mass is 15.2. The average Bonchev–Trinajstić information content (AvgIpc) is 1.79. The molecule has 1 heteroatoms. The highest BCUT2D eigenvalue weighted by Gasteiger charge is 2.29. The Bertz CT molecular complexity index is 235. The minimum absolute atomic E-state index is 0.0518. The molecule has 0 aromatic carbocycles. The largest absolute Gasteiger partial charge is 0.344 e. The van der Waals surface area contributed by atoms with Crippen LogP contribution in [0.2, 0.25) is 0 Å². The summed E-state index contributed by atoms with van der Waals surface area (Å²) in [6.07, 6.45) is 0. The molecule has 0 fully saturated rings. The Morgan fingerprint density at radius 1 is 0.929 bits per heavy atom. The van der Waals surface area contributed by atoms with Gasteiger partial charge in [0.1, 0.15) is 0 Å². The van der Waals surface area contributed by atoms with Crippen molar-refractivity contribution in [3.63, 3.8) is 0 Å². The van der Waals surface area contributed by atoms with Gasteiger partial charge in [-0.1, -0.05) is 33.9 Å². The summed E-state index contributed by atoms with van der Waals surface area (Å²) >= 11 is 0. The summed E-state index contributed by atoms with van der Waals surface area (Å²) in [6, 6.07) is 0. The molecular weight excluding hydrogens is 170 g/mol. The van der Waals surface area contributed by atoms with Gasteiger partial charge in [0, 0.05) is 22.3 Å². The fraction of sp³-hybridized carbons (Fsp3) is 0.692. The van der Waals surface area contributed by atoms with Crippen molar-refractivity contribution in [2.45, 2.75) is 54.0 Å². The van der Waals surface area contributed by atoms with Crippen molar-refractivity contribution in [2.75, 3.05) is 0 Å². The predicted molar refractivity (Wildman–Crippen MR) is 65.0 cm³/mol. The lowest BCUT2D eigenvalue weighted by molar-refractivity contribution is 0.194. The van der Waals surface area contributed by atoms with E-state index in [0.29, 0.717) is 0 Å². The first-order chi connectivity index (χ1) is 5.98. The van der Waals surface area contributed by atoms with E-state index in [1.807, 2.05) is 6.92 Å². The van der Waals surface area contributed by atoms with Gasteiger partial charge in [0.15, 0.2) is 0 Å². The van der Waals surface area contributed by atoms with E-state index < -0.39 is 0 Å². The first-order valence-electron chi connectivity index (χ1n) is 5.13. The average molecular weight is 195 g/mol. The van der Waals surface area contributed by atoms with Crippen LogP contribution in [0.5, 0.6) is 0 Å². The Morgan fingerprint density at radius 2 is 1.29 bits per heavy atom. The van der Waals surface area contributed by atoms with E-state index in [0.717, 1.165) is 11.4 Å². The molecule has 0 bridgehead atoms. The second-order valence-corrected chi connectivity index (χ2v) is 5.94. The number of hydrogen-bond acceptors (Lipinski definition) is 1. The first-order valence-corrected chi connectivity index (χ1v) is 5.13. The Kier molecular flexibility index (Phi) is 3.60. The molecule has 0 spiro atoms. The van der Waals surface area contributed by atoms with E-state index in [1.54, 1.807) is 0 Å². The summed E-state index contributed by atoms with van der Waals surface area (Å²) in [6.45, 7) is 23.3. The molecule has 0 aromatic rings. The van der Waals surface area contributed by atoms with Gasteiger partial charge in [0.05, 0.1) is 0 Å². The molecule has 0 aliphatic rings. The number of rotatable bonds is 2. The zero-order chi connectivity index (χ0) is 11.7. The van der Waals surface area contributed by atoms with E-state index in [-0.39, 0.29) is 11.0 Å². The molecule has 0 N–H and O–H groups in total. The third kappa shape index (κ3) is 3.21. The van der Waals surface area contributed by atoms with E-state index in [4.69, 9.17) is 0 Å². The molecule has 0 saturated heterocycles. The normalized spacial score (nSPS) is 12.5. The summed E-state index contributed by atoms with van der Waals surface area (Å²) in [5.74, 6) is 0. The van der Waals surface area contributed by atoms with Crippen LogP contribution in [-0.4, -0.2) is 10.4 Å². The maximum atomic E-state index is 4.18. The summed E-state index contributed by atoms with van der Waals surface area (Å²) in [5, 5.41) is 0. The van der Waals surface area contributed by atoms with Crippen LogP contribution in [0.25, 0.3) is 0 Å². The van der Waals surface area contributed by atoms with Crippen molar-refractivity contribution in [1.29, 1.82) is 0 Å². The second-order valence-electron chi connectivity index (χ2n) is 5.94. The number of hydrogen-bond donors (Lipinski definition) is 0. The van der Waals surface area contributed by atoms with E-state index >= 15 is 0 Å². The lowest BCUT2D eigenvalue weighted by Crippen LogP contribution is -2.42. The van der Waals surface area contributed by atoms with Crippen LogP contribution in [0.3, 0.4) is 0 Å². The summed E-state index contributed by atoms with van der Waals surface area (Å²) < 4.78 is 0. The number of nitrogens with zero attached hydrogens (tertiary/aromatic N) is 1. The molecule has 0 aromatic heterocycles. The lowest BCUT2D eigenvalue weighted by Gasteiger charge is -2.43. The van der Waals surface area contributed by atoms with Gasteiger partial charge in [0.2, 0.25) is 0 Å². The first kappa shape index (κ1) is 13.3. The molecule has 0 amide bonds. The zero-order valence-corrected chi connectivity index (χ0v) is 10.9. The molecule has 82 valence electrons. The van der Waals surface area contributed by atoms with Crippen molar-refractivity contribution in [3.8, 4) is 0 Å². The summed E-state index contributed by atoms with van der Waals surface area (Å²) in [5.41, 5.74) is 2.32. The van der Waals surface area contributed by atoms with Crippen molar-refractivity contribution in [1.82, 2.24) is 4.90 Å². The molecule has 0 saturated carbocycles. The molecule has 0 atom stereocenters. The lowest BCUT2D eigenvalue weighted by atomic mass is 9.89. The second kappa shape index (κ2) is 3.80. The zero-order valence-electron chi connectivity index (χ0n) is 10.9. The Balaban J connectivity index is 5.07. The van der Waals surface area contributed by atoms with Crippen LogP contribution in [0.15, 0.2) is 24.6 Å². The van der Waals surface area contributed by atoms with Crippen molar-refractivity contribution >= 4 is 0 Å². The molecule has 0 radical (unpaired) electrons. The van der Waals surface area contributed by atoms with Crippen LogP contribution in [0.4, 0.5) is 0 Å². The van der Waals surface area contributed by atoms with Crippen LogP contribution in [-0.2, 0) is 0 Å². The van der Waals surface area contributed by atoms with Gasteiger partial charge in [-0.15, -0.1) is 0 Å². The minimum atomic E-state index is 0.0518. The summed E-state index contributed by atoms with van der Waals surface area (Å²) in [4.78, 5) is 2.22. The van der Waals surface area contributed by atoms with E-state index in [1.165, 1.54) is 0 Å². The van der Waals surface area contributed by atoms with E-state index in [9.17, 15) is 0 Å². The van der Waals surface area contributed by atoms with Gasteiger partial charge < -0.3 is 4.90 Å². The Hall–Kier alpha value is -0.720. The molecule has 0 rings (SSSR count). The molecule has 0 aliphatic heterocycles. The van der Waals surface area contributed by atoms with Gasteiger partial charge in [-0.25, -0.2) is 0 Å². The van der Waals surface area contributed by atoms with Gasteiger partial charge in [0.25, 0.3) is 0 Å². The molecule has 0 unspecified atom stereocenters. The predicted octanol–water partition coefficient (Wildman–Crippen LogP) is 4.18. The van der Waals surface area contributed by atoms with Crippen molar-refractivity contribution < 1.29 is 0 Å². The van der Waals surface area contributed by atoms with Gasteiger partial charge in [-0.2, -0.15) is 0 Å². The number of allylic oxidation sites excluding steroid dienone is 2. The molecule has 14 heavy (non-hydrogen) atoms. The standard InChI is InChI=1S/C13H25N/c1-10(2)14(13(7,8)9)11(3)12(4,5)6/h1,3H2,2,4-9H3. The molecule has 1 nitrogen and oxygen atoms in total. The minimum Gasteiger partial charge on any atom is -0.344 e. The fourth-order valence-corrected chi connectivity index (χ4v) is 1.54. The van der Waals surface area contributed by atoms with Crippen molar-refractivity contribution in [3.05, 3.63) is 24.6 Å². The monoisotopic (exact) mass is 195 g/mol. The maximum Gasteiger partial charge on any atom is 0.0360 e. The quantitative estimate of drug-likeness (QED) is 0.639. The highest BCUT2D eigenvalue weighted by Crippen LogP contribution is 2.34. The topological polar surface area (TPSA) is 3.24 Å². The summed E-state index contributed by atoms with van der Waals surface area (Å²) in [7, 11) is 0. The van der Waals surface area contributed by atoms with Crippen LogP contribution < -0.4 is 0 Å². The third-order valence-corrected chi connectivity index (χ3v) is 2.19. The smallest absolute Gasteiger partial charge is 0.0360 e. The highest BCUT2D eigenvalue weighted by molar-refractivity contribution is 5.15. The maximum absolute atomic E-state index is 4.18. The Morgan fingerprint density at radius 3 is 1.36 bits per heavy atom. The van der Waals surface area contributed by atoms with Crippen molar-refractivity contribution in [2.24, 2.45) is 5.41 Å². The van der Waals surface area contributed by atoms with Gasteiger partial charge in [-0.05, 0) is 27.7 Å². The van der Waals surface area contributed by atoms with E-state index in [2.05, 4.69) is 59.6 Å². The molecular formula is C13H25N. The fourth-order valence-electron chi connectivity index (χ4n) is 1.54. The van der Waals surface area contributed by atoms with Crippen LogP contribution >= 0.6 is 0 Å². The Labute approximate surface area is 89.5 Å². The van der Waals surface area contributed by atoms with Gasteiger partial charge >= 0.3 is 0 Å². The third-order valence-electron chi connectivity index (χ3n) is 2.19. The molecule has 0 heterocycles. The molecule has 0 aliphatic carbocycles.